The highest BCUT2D eigenvalue weighted by molar-refractivity contribution is 5.90. The smallest absolute Gasteiger partial charge is 0.224 e. The Labute approximate surface area is 151 Å². The predicted octanol–water partition coefficient (Wildman–Crippen LogP) is 3.48. The molecule has 1 unspecified atom stereocenters. The molecule has 25 heavy (non-hydrogen) atoms. The van der Waals surface area contributed by atoms with E-state index in [9.17, 15) is 4.79 Å². The minimum atomic E-state index is 0.0678. The standard InChI is InChI=1S/C20H32N4O/c1-15(2)11-19(25)23-18-9-5-8-17(12-18)13-22-20(21-4)24-10-6-7-16(3)14-24/h5,8-9,12,15-16H,6-7,10-11,13-14H2,1-4H3,(H,21,22)(H,23,25). The van der Waals surface area contributed by atoms with Crippen molar-refractivity contribution >= 4 is 17.6 Å². The fourth-order valence-electron chi connectivity index (χ4n) is 3.24. The van der Waals surface area contributed by atoms with Gasteiger partial charge in [-0.2, -0.15) is 0 Å². The van der Waals surface area contributed by atoms with E-state index in [2.05, 4.69) is 33.5 Å². The highest BCUT2D eigenvalue weighted by Gasteiger charge is 2.19. The van der Waals surface area contributed by atoms with Gasteiger partial charge >= 0.3 is 0 Å². The van der Waals surface area contributed by atoms with E-state index in [4.69, 9.17) is 0 Å². The van der Waals surface area contributed by atoms with Crippen LogP contribution in [-0.2, 0) is 11.3 Å². The summed E-state index contributed by atoms with van der Waals surface area (Å²) < 4.78 is 0. The molecule has 0 radical (unpaired) electrons. The van der Waals surface area contributed by atoms with Crippen LogP contribution in [0.5, 0.6) is 0 Å². The van der Waals surface area contributed by atoms with E-state index in [-0.39, 0.29) is 5.91 Å². The summed E-state index contributed by atoms with van der Waals surface area (Å²) in [4.78, 5) is 18.7. The topological polar surface area (TPSA) is 56.7 Å². The Kier molecular flexibility index (Phi) is 7.29. The van der Waals surface area contributed by atoms with Gasteiger partial charge in [-0.05, 0) is 42.4 Å². The highest BCUT2D eigenvalue weighted by atomic mass is 16.1. The van der Waals surface area contributed by atoms with Gasteiger partial charge < -0.3 is 15.5 Å². The third-order valence-corrected chi connectivity index (χ3v) is 4.42. The minimum Gasteiger partial charge on any atom is -0.352 e. The molecule has 1 aliphatic rings. The second-order valence-corrected chi connectivity index (χ2v) is 7.44. The Bertz CT molecular complexity index is 597. The molecule has 0 bridgehead atoms. The second kappa shape index (κ2) is 9.44. The van der Waals surface area contributed by atoms with Gasteiger partial charge in [0.1, 0.15) is 0 Å². The highest BCUT2D eigenvalue weighted by Crippen LogP contribution is 2.16. The molecule has 1 atom stereocenters. The van der Waals surface area contributed by atoms with Crippen molar-refractivity contribution < 1.29 is 4.79 Å². The first-order chi connectivity index (χ1) is 12.0. The number of benzene rings is 1. The van der Waals surface area contributed by atoms with Crippen molar-refractivity contribution in [1.29, 1.82) is 0 Å². The van der Waals surface area contributed by atoms with Crippen molar-refractivity contribution in [2.75, 3.05) is 25.5 Å². The Hall–Kier alpha value is -2.04. The summed E-state index contributed by atoms with van der Waals surface area (Å²) in [7, 11) is 1.84. The first-order valence-electron chi connectivity index (χ1n) is 9.32. The minimum absolute atomic E-state index is 0.0678. The van der Waals surface area contributed by atoms with Gasteiger partial charge in [-0.25, -0.2) is 0 Å². The molecular weight excluding hydrogens is 312 g/mol. The van der Waals surface area contributed by atoms with Gasteiger partial charge in [0, 0.05) is 38.8 Å². The normalized spacial score (nSPS) is 18.4. The van der Waals surface area contributed by atoms with Gasteiger partial charge in [0.2, 0.25) is 5.91 Å². The number of piperidine rings is 1. The SMILES string of the molecule is CN=C(NCc1cccc(NC(=O)CC(C)C)c1)N1CCCC(C)C1. The van der Waals surface area contributed by atoms with E-state index in [0.717, 1.165) is 30.3 Å². The summed E-state index contributed by atoms with van der Waals surface area (Å²) in [5, 5.41) is 6.43. The summed E-state index contributed by atoms with van der Waals surface area (Å²) in [5.74, 6) is 2.10. The van der Waals surface area contributed by atoms with E-state index in [1.807, 2.05) is 39.1 Å². The van der Waals surface area contributed by atoms with E-state index >= 15 is 0 Å². The molecule has 2 rings (SSSR count). The second-order valence-electron chi connectivity index (χ2n) is 7.44. The molecule has 2 N–H and O–H groups in total. The number of likely N-dealkylation sites (tertiary alicyclic amines) is 1. The van der Waals surface area contributed by atoms with Crippen LogP contribution in [0.25, 0.3) is 0 Å². The summed E-state index contributed by atoms with van der Waals surface area (Å²) >= 11 is 0. The largest absolute Gasteiger partial charge is 0.352 e. The van der Waals surface area contributed by atoms with Crippen LogP contribution in [0, 0.1) is 11.8 Å². The van der Waals surface area contributed by atoms with E-state index in [0.29, 0.717) is 24.8 Å². The molecule has 1 fully saturated rings. The number of nitrogens with one attached hydrogen (secondary N) is 2. The number of guanidine groups is 1. The van der Waals surface area contributed by atoms with Crippen LogP contribution in [0.15, 0.2) is 29.3 Å². The number of amides is 1. The van der Waals surface area contributed by atoms with Crippen molar-refractivity contribution in [2.24, 2.45) is 16.8 Å². The molecule has 0 spiro atoms. The quantitative estimate of drug-likeness (QED) is 0.635. The predicted molar refractivity (Wildman–Crippen MR) is 105 cm³/mol. The molecule has 138 valence electrons. The fourth-order valence-corrected chi connectivity index (χ4v) is 3.24. The zero-order valence-corrected chi connectivity index (χ0v) is 16.0. The Morgan fingerprint density at radius 2 is 2.20 bits per heavy atom. The summed E-state index contributed by atoms with van der Waals surface area (Å²) in [5.41, 5.74) is 1.99. The Morgan fingerprint density at radius 3 is 2.88 bits per heavy atom. The summed E-state index contributed by atoms with van der Waals surface area (Å²) in [6, 6.07) is 8.01. The fraction of sp³-hybridized carbons (Fsp3) is 0.600. The van der Waals surface area contributed by atoms with Crippen molar-refractivity contribution in [3.63, 3.8) is 0 Å². The third kappa shape index (κ3) is 6.40. The van der Waals surface area contributed by atoms with Crippen molar-refractivity contribution in [2.45, 2.75) is 46.6 Å². The number of rotatable bonds is 5. The number of anilines is 1. The Morgan fingerprint density at radius 1 is 1.40 bits per heavy atom. The first kappa shape index (κ1) is 19.3. The van der Waals surface area contributed by atoms with Gasteiger partial charge in [0.25, 0.3) is 0 Å². The molecule has 0 aromatic heterocycles. The molecule has 1 amide bonds. The molecule has 5 nitrogen and oxygen atoms in total. The van der Waals surface area contributed by atoms with Crippen LogP contribution in [0.4, 0.5) is 5.69 Å². The van der Waals surface area contributed by atoms with Crippen molar-refractivity contribution in [3.8, 4) is 0 Å². The van der Waals surface area contributed by atoms with Gasteiger partial charge in [0.15, 0.2) is 5.96 Å². The number of nitrogens with zero attached hydrogens (tertiary/aromatic N) is 2. The molecular formula is C20H32N4O. The average Bonchev–Trinajstić information content (AvgIpc) is 2.55. The maximum atomic E-state index is 11.9. The lowest BCUT2D eigenvalue weighted by molar-refractivity contribution is -0.116. The third-order valence-electron chi connectivity index (χ3n) is 4.42. The maximum Gasteiger partial charge on any atom is 0.224 e. The van der Waals surface area contributed by atoms with Crippen LogP contribution in [0.2, 0.25) is 0 Å². The summed E-state index contributed by atoms with van der Waals surface area (Å²) in [6.07, 6.45) is 3.06. The van der Waals surface area contributed by atoms with Gasteiger partial charge in [-0.1, -0.05) is 32.9 Å². The summed E-state index contributed by atoms with van der Waals surface area (Å²) in [6.45, 7) is 9.22. The van der Waals surface area contributed by atoms with Crippen LogP contribution in [0.1, 0.15) is 45.6 Å². The molecule has 1 aromatic carbocycles. The lowest BCUT2D eigenvalue weighted by Crippen LogP contribution is -2.45. The zero-order valence-electron chi connectivity index (χ0n) is 16.0. The monoisotopic (exact) mass is 344 g/mol. The first-order valence-corrected chi connectivity index (χ1v) is 9.32. The Balaban J connectivity index is 1.91. The van der Waals surface area contributed by atoms with Gasteiger partial charge in [0.05, 0.1) is 0 Å². The lowest BCUT2D eigenvalue weighted by atomic mass is 10.0. The molecule has 5 heteroatoms. The van der Waals surface area contributed by atoms with E-state index in [1.54, 1.807) is 0 Å². The van der Waals surface area contributed by atoms with Gasteiger partial charge in [-0.3, -0.25) is 9.79 Å². The van der Waals surface area contributed by atoms with E-state index < -0.39 is 0 Å². The van der Waals surface area contributed by atoms with Crippen molar-refractivity contribution in [3.05, 3.63) is 29.8 Å². The molecule has 0 saturated carbocycles. The lowest BCUT2D eigenvalue weighted by Gasteiger charge is -2.33. The number of hydrogen-bond donors (Lipinski definition) is 2. The molecule has 1 aromatic rings. The molecule has 1 heterocycles. The average molecular weight is 345 g/mol. The number of aliphatic imine (C=N–C) groups is 1. The zero-order chi connectivity index (χ0) is 18.2. The van der Waals surface area contributed by atoms with Crippen LogP contribution < -0.4 is 10.6 Å². The van der Waals surface area contributed by atoms with Crippen LogP contribution >= 0.6 is 0 Å². The number of carbonyl (C=O) groups excluding carboxylic acids is 1. The van der Waals surface area contributed by atoms with E-state index in [1.165, 1.54) is 12.8 Å². The molecule has 1 aliphatic heterocycles. The molecule has 0 aliphatic carbocycles. The van der Waals surface area contributed by atoms with Gasteiger partial charge in [-0.15, -0.1) is 0 Å². The number of carbonyl (C=O) groups is 1. The number of hydrogen-bond acceptors (Lipinski definition) is 2. The van der Waals surface area contributed by atoms with Crippen LogP contribution in [0.3, 0.4) is 0 Å². The molecule has 1 saturated heterocycles. The maximum absolute atomic E-state index is 11.9. The van der Waals surface area contributed by atoms with Crippen LogP contribution in [-0.4, -0.2) is 36.9 Å². The van der Waals surface area contributed by atoms with Crippen molar-refractivity contribution in [1.82, 2.24) is 10.2 Å².